The molecule has 0 aliphatic carbocycles. The van der Waals surface area contributed by atoms with Crippen LogP contribution < -0.4 is 0 Å². The van der Waals surface area contributed by atoms with Gasteiger partial charge in [-0.3, -0.25) is 0 Å². The van der Waals surface area contributed by atoms with Crippen molar-refractivity contribution in [2.45, 2.75) is 0 Å². The summed E-state index contributed by atoms with van der Waals surface area (Å²) in [5, 5.41) is 0. The molecule has 1 heterocycles. The van der Waals surface area contributed by atoms with E-state index in [0.717, 1.165) is 11.1 Å². The standard InChI is InChI=1S/C12H10FNO2/c1-16-12(15)11-6-9(7-14-11)8-2-4-10(13)5-3-8/h2-7,14H,1H3. The summed E-state index contributed by atoms with van der Waals surface area (Å²) in [6, 6.07) is 7.72. The van der Waals surface area contributed by atoms with Gasteiger partial charge in [0.15, 0.2) is 0 Å². The SMILES string of the molecule is COC(=O)c1cc(-c2ccc(F)cc2)c[nH]1. The number of H-pyrrole nitrogens is 1. The molecule has 0 saturated heterocycles. The molecule has 0 aliphatic heterocycles. The Morgan fingerprint density at radius 2 is 1.94 bits per heavy atom. The van der Waals surface area contributed by atoms with E-state index in [-0.39, 0.29) is 5.82 Å². The summed E-state index contributed by atoms with van der Waals surface area (Å²) < 4.78 is 17.3. The van der Waals surface area contributed by atoms with Gasteiger partial charge in [-0.25, -0.2) is 9.18 Å². The number of hydrogen-bond acceptors (Lipinski definition) is 2. The second-order valence-corrected chi connectivity index (χ2v) is 3.30. The van der Waals surface area contributed by atoms with Gasteiger partial charge >= 0.3 is 5.97 Å². The molecule has 1 N–H and O–H groups in total. The van der Waals surface area contributed by atoms with Crippen LogP contribution in [0.5, 0.6) is 0 Å². The van der Waals surface area contributed by atoms with Crippen LogP contribution in [-0.4, -0.2) is 18.1 Å². The number of halogens is 1. The lowest BCUT2D eigenvalue weighted by molar-refractivity contribution is 0.0595. The molecular formula is C12H10FNO2. The predicted molar refractivity (Wildman–Crippen MR) is 57.5 cm³/mol. The molecule has 0 spiro atoms. The van der Waals surface area contributed by atoms with Gasteiger partial charge in [-0.2, -0.15) is 0 Å². The van der Waals surface area contributed by atoms with E-state index >= 15 is 0 Å². The highest BCUT2D eigenvalue weighted by Gasteiger charge is 2.09. The van der Waals surface area contributed by atoms with Crippen molar-refractivity contribution in [1.82, 2.24) is 4.98 Å². The van der Waals surface area contributed by atoms with Crippen LogP contribution in [0.2, 0.25) is 0 Å². The monoisotopic (exact) mass is 219 g/mol. The summed E-state index contributed by atoms with van der Waals surface area (Å²) in [4.78, 5) is 14.0. The molecule has 1 aromatic heterocycles. The van der Waals surface area contributed by atoms with E-state index in [1.54, 1.807) is 24.4 Å². The van der Waals surface area contributed by atoms with Gasteiger partial charge in [0.1, 0.15) is 11.5 Å². The molecule has 1 aromatic carbocycles. The van der Waals surface area contributed by atoms with Crippen LogP contribution in [0.25, 0.3) is 11.1 Å². The van der Waals surface area contributed by atoms with Crippen molar-refractivity contribution in [3.05, 3.63) is 48.0 Å². The fourth-order valence-electron chi connectivity index (χ4n) is 1.43. The molecule has 16 heavy (non-hydrogen) atoms. The molecule has 0 saturated carbocycles. The van der Waals surface area contributed by atoms with E-state index in [9.17, 15) is 9.18 Å². The zero-order chi connectivity index (χ0) is 11.5. The van der Waals surface area contributed by atoms with Crippen molar-refractivity contribution >= 4 is 5.97 Å². The fraction of sp³-hybridized carbons (Fsp3) is 0.0833. The number of esters is 1. The fourth-order valence-corrected chi connectivity index (χ4v) is 1.43. The maximum atomic E-state index is 12.7. The predicted octanol–water partition coefficient (Wildman–Crippen LogP) is 2.61. The van der Waals surface area contributed by atoms with Gasteiger partial charge in [-0.15, -0.1) is 0 Å². The zero-order valence-electron chi connectivity index (χ0n) is 8.66. The van der Waals surface area contributed by atoms with Crippen LogP contribution in [-0.2, 0) is 4.74 Å². The average molecular weight is 219 g/mol. The van der Waals surface area contributed by atoms with E-state index in [2.05, 4.69) is 9.72 Å². The van der Waals surface area contributed by atoms with Gasteiger partial charge < -0.3 is 9.72 Å². The second kappa shape index (κ2) is 4.18. The number of nitrogens with one attached hydrogen (secondary N) is 1. The van der Waals surface area contributed by atoms with Crippen molar-refractivity contribution in [3.63, 3.8) is 0 Å². The lowest BCUT2D eigenvalue weighted by Crippen LogP contribution is -2.00. The molecule has 0 atom stereocenters. The van der Waals surface area contributed by atoms with E-state index < -0.39 is 5.97 Å². The van der Waals surface area contributed by atoms with E-state index in [4.69, 9.17) is 0 Å². The molecule has 0 bridgehead atoms. The number of ether oxygens (including phenoxy) is 1. The highest BCUT2D eigenvalue weighted by molar-refractivity contribution is 5.89. The summed E-state index contributed by atoms with van der Waals surface area (Å²) >= 11 is 0. The number of hydrogen-bond donors (Lipinski definition) is 1. The molecule has 0 amide bonds. The minimum atomic E-state index is -0.423. The minimum Gasteiger partial charge on any atom is -0.464 e. The largest absolute Gasteiger partial charge is 0.464 e. The minimum absolute atomic E-state index is 0.285. The van der Waals surface area contributed by atoms with Crippen LogP contribution in [0.3, 0.4) is 0 Å². The Balaban J connectivity index is 2.31. The Morgan fingerprint density at radius 3 is 2.56 bits per heavy atom. The summed E-state index contributed by atoms with van der Waals surface area (Å²) in [5.41, 5.74) is 2.04. The van der Waals surface area contributed by atoms with Crippen LogP contribution in [0.1, 0.15) is 10.5 Å². The van der Waals surface area contributed by atoms with E-state index in [1.807, 2.05) is 0 Å². The van der Waals surface area contributed by atoms with E-state index in [1.165, 1.54) is 19.2 Å². The molecule has 3 nitrogen and oxygen atoms in total. The highest BCUT2D eigenvalue weighted by Crippen LogP contribution is 2.20. The van der Waals surface area contributed by atoms with Gasteiger partial charge in [0.05, 0.1) is 7.11 Å². The molecule has 4 heteroatoms. The van der Waals surface area contributed by atoms with Crippen molar-refractivity contribution in [2.75, 3.05) is 7.11 Å². The first-order valence-corrected chi connectivity index (χ1v) is 4.73. The summed E-state index contributed by atoms with van der Waals surface area (Å²) in [6.45, 7) is 0. The number of aromatic nitrogens is 1. The summed E-state index contributed by atoms with van der Waals surface area (Å²) in [7, 11) is 1.32. The lowest BCUT2D eigenvalue weighted by Gasteiger charge is -1.96. The third kappa shape index (κ3) is 1.95. The second-order valence-electron chi connectivity index (χ2n) is 3.30. The van der Waals surface area contributed by atoms with Gasteiger partial charge in [-0.1, -0.05) is 12.1 Å². The zero-order valence-corrected chi connectivity index (χ0v) is 8.66. The Hall–Kier alpha value is -2.10. The van der Waals surface area contributed by atoms with Gasteiger partial charge in [-0.05, 0) is 29.3 Å². The third-order valence-corrected chi connectivity index (χ3v) is 2.27. The quantitative estimate of drug-likeness (QED) is 0.789. The van der Waals surface area contributed by atoms with Crippen molar-refractivity contribution < 1.29 is 13.9 Å². The number of carbonyl (C=O) groups excluding carboxylic acids is 1. The summed E-state index contributed by atoms with van der Waals surface area (Å²) in [5.74, 6) is -0.708. The van der Waals surface area contributed by atoms with Gasteiger partial charge in [0.2, 0.25) is 0 Å². The molecule has 0 unspecified atom stereocenters. The molecule has 82 valence electrons. The highest BCUT2D eigenvalue weighted by atomic mass is 19.1. The Morgan fingerprint density at radius 1 is 1.25 bits per heavy atom. The smallest absolute Gasteiger partial charge is 0.354 e. The van der Waals surface area contributed by atoms with Crippen LogP contribution >= 0.6 is 0 Å². The Bertz CT molecular complexity index is 502. The van der Waals surface area contributed by atoms with Crippen molar-refractivity contribution in [2.24, 2.45) is 0 Å². The first-order valence-electron chi connectivity index (χ1n) is 4.73. The van der Waals surface area contributed by atoms with Crippen LogP contribution in [0.15, 0.2) is 36.5 Å². The maximum absolute atomic E-state index is 12.7. The Kier molecular flexibility index (Phi) is 2.72. The third-order valence-electron chi connectivity index (χ3n) is 2.27. The topological polar surface area (TPSA) is 42.1 Å². The Labute approximate surface area is 91.9 Å². The normalized spacial score (nSPS) is 10.1. The van der Waals surface area contributed by atoms with Crippen LogP contribution in [0, 0.1) is 5.82 Å². The number of rotatable bonds is 2. The van der Waals surface area contributed by atoms with Gasteiger partial charge in [0.25, 0.3) is 0 Å². The molecule has 0 radical (unpaired) electrons. The first kappa shape index (κ1) is 10.4. The average Bonchev–Trinajstić information content (AvgIpc) is 2.78. The number of aromatic amines is 1. The molecular weight excluding hydrogens is 209 g/mol. The van der Waals surface area contributed by atoms with Crippen molar-refractivity contribution in [3.8, 4) is 11.1 Å². The van der Waals surface area contributed by atoms with Gasteiger partial charge in [0, 0.05) is 6.20 Å². The summed E-state index contributed by atoms with van der Waals surface area (Å²) in [6.07, 6.45) is 1.68. The molecule has 0 aliphatic rings. The number of carbonyl (C=O) groups is 1. The van der Waals surface area contributed by atoms with E-state index in [0.29, 0.717) is 5.69 Å². The number of methoxy groups -OCH3 is 1. The molecule has 2 rings (SSSR count). The van der Waals surface area contributed by atoms with Crippen LogP contribution in [0.4, 0.5) is 4.39 Å². The molecule has 2 aromatic rings. The maximum Gasteiger partial charge on any atom is 0.354 e. The van der Waals surface area contributed by atoms with Crippen molar-refractivity contribution in [1.29, 1.82) is 0 Å². The molecule has 0 fully saturated rings. The first-order chi connectivity index (χ1) is 7.70. The lowest BCUT2D eigenvalue weighted by atomic mass is 10.1. The number of benzene rings is 1.